The number of nitrogens with one attached hydrogen (secondary N) is 1. The third kappa shape index (κ3) is 5.03. The maximum Gasteiger partial charge on any atom is 0.194 e. The van der Waals surface area contributed by atoms with Crippen LogP contribution in [0.1, 0.15) is 43.3 Å². The molecule has 0 saturated carbocycles. The summed E-state index contributed by atoms with van der Waals surface area (Å²) in [7, 11) is 5.41. The standard InChI is InChI=1S/C21H32FN5O/c1-7-18-16(19(8-2)27(5)25-18)13-24-21(23-9-3)26(4)14-15-10-11-20(28-6)17(22)12-15/h10-12H,7-9,13-14H2,1-6H3,(H,23,24). The second kappa shape index (κ2) is 10.1. The number of benzene rings is 1. The molecule has 154 valence electrons. The van der Waals surface area contributed by atoms with Crippen LogP contribution in [0.25, 0.3) is 0 Å². The van der Waals surface area contributed by atoms with Gasteiger partial charge < -0.3 is 15.0 Å². The Morgan fingerprint density at radius 2 is 2.04 bits per heavy atom. The lowest BCUT2D eigenvalue weighted by Crippen LogP contribution is -2.38. The maximum absolute atomic E-state index is 14.0. The molecule has 0 saturated heterocycles. The molecule has 0 atom stereocenters. The fourth-order valence-electron chi connectivity index (χ4n) is 3.35. The first kappa shape index (κ1) is 21.7. The monoisotopic (exact) mass is 389 g/mol. The minimum Gasteiger partial charge on any atom is -0.494 e. The molecule has 0 amide bonds. The molecule has 1 heterocycles. The highest BCUT2D eigenvalue weighted by Gasteiger charge is 2.14. The number of nitrogens with zero attached hydrogens (tertiary/aromatic N) is 4. The van der Waals surface area contributed by atoms with E-state index in [0.717, 1.165) is 36.6 Å². The van der Waals surface area contributed by atoms with E-state index < -0.39 is 0 Å². The molecule has 6 nitrogen and oxygen atoms in total. The average molecular weight is 390 g/mol. The number of methoxy groups -OCH3 is 1. The number of guanidine groups is 1. The third-order valence-corrected chi connectivity index (χ3v) is 4.75. The molecule has 0 radical (unpaired) electrons. The predicted molar refractivity (Wildman–Crippen MR) is 111 cm³/mol. The number of halogens is 1. The van der Waals surface area contributed by atoms with Crippen LogP contribution in [0.2, 0.25) is 0 Å². The van der Waals surface area contributed by atoms with Gasteiger partial charge in [0.25, 0.3) is 0 Å². The Morgan fingerprint density at radius 1 is 1.29 bits per heavy atom. The van der Waals surface area contributed by atoms with Crippen LogP contribution in [0.15, 0.2) is 23.2 Å². The number of aliphatic imine (C=N–C) groups is 1. The molecule has 1 N–H and O–H groups in total. The molecule has 1 aromatic heterocycles. The lowest BCUT2D eigenvalue weighted by Gasteiger charge is -2.22. The van der Waals surface area contributed by atoms with Crippen molar-refractivity contribution < 1.29 is 9.13 Å². The van der Waals surface area contributed by atoms with Gasteiger partial charge in [0.2, 0.25) is 0 Å². The highest BCUT2D eigenvalue weighted by molar-refractivity contribution is 5.79. The minimum atomic E-state index is -0.356. The number of ether oxygens (including phenoxy) is 1. The first-order valence-electron chi connectivity index (χ1n) is 9.80. The van der Waals surface area contributed by atoms with E-state index >= 15 is 0 Å². The molecule has 2 rings (SSSR count). The summed E-state index contributed by atoms with van der Waals surface area (Å²) in [4.78, 5) is 6.82. The summed E-state index contributed by atoms with van der Waals surface area (Å²) in [5, 5.41) is 7.94. The number of hydrogen-bond acceptors (Lipinski definition) is 3. The summed E-state index contributed by atoms with van der Waals surface area (Å²) in [6.45, 7) is 8.17. The Kier molecular flexibility index (Phi) is 7.84. The zero-order chi connectivity index (χ0) is 20.7. The van der Waals surface area contributed by atoms with Crippen LogP contribution in [-0.4, -0.2) is 41.3 Å². The molecule has 0 bridgehead atoms. The Bertz CT molecular complexity index is 815. The smallest absolute Gasteiger partial charge is 0.194 e. The molecule has 1 aromatic carbocycles. The van der Waals surface area contributed by atoms with Gasteiger partial charge in [0, 0.05) is 38.4 Å². The third-order valence-electron chi connectivity index (χ3n) is 4.75. The van der Waals surface area contributed by atoms with Gasteiger partial charge >= 0.3 is 0 Å². The molecular formula is C21H32FN5O. The topological polar surface area (TPSA) is 54.7 Å². The first-order chi connectivity index (χ1) is 13.4. The fourth-order valence-corrected chi connectivity index (χ4v) is 3.35. The molecule has 2 aromatic rings. The largest absolute Gasteiger partial charge is 0.494 e. The van der Waals surface area contributed by atoms with Crippen molar-refractivity contribution in [2.45, 2.75) is 46.7 Å². The molecule has 0 spiro atoms. The summed E-state index contributed by atoms with van der Waals surface area (Å²) in [6.07, 6.45) is 1.81. The SMILES string of the molecule is CCNC(=NCc1c(CC)nn(C)c1CC)N(C)Cc1ccc(OC)c(F)c1. The van der Waals surface area contributed by atoms with E-state index in [4.69, 9.17) is 9.73 Å². The van der Waals surface area contributed by atoms with Gasteiger partial charge in [-0.3, -0.25) is 4.68 Å². The number of aromatic nitrogens is 2. The van der Waals surface area contributed by atoms with Crippen LogP contribution in [0.3, 0.4) is 0 Å². The average Bonchev–Trinajstić information content (AvgIpc) is 2.99. The van der Waals surface area contributed by atoms with Crippen molar-refractivity contribution in [2.24, 2.45) is 12.0 Å². The van der Waals surface area contributed by atoms with Crippen LogP contribution in [-0.2, 0) is 33.0 Å². The van der Waals surface area contributed by atoms with Gasteiger partial charge in [-0.15, -0.1) is 0 Å². The molecule has 0 unspecified atom stereocenters. The second-order valence-electron chi connectivity index (χ2n) is 6.70. The van der Waals surface area contributed by atoms with E-state index in [-0.39, 0.29) is 11.6 Å². The Hall–Kier alpha value is -2.57. The van der Waals surface area contributed by atoms with Crippen molar-refractivity contribution in [3.8, 4) is 5.75 Å². The van der Waals surface area contributed by atoms with Gasteiger partial charge in [0.05, 0.1) is 19.3 Å². The van der Waals surface area contributed by atoms with Crippen LogP contribution in [0, 0.1) is 5.82 Å². The summed E-state index contributed by atoms with van der Waals surface area (Å²) >= 11 is 0. The van der Waals surface area contributed by atoms with Gasteiger partial charge in [0.15, 0.2) is 17.5 Å². The maximum atomic E-state index is 14.0. The molecule has 28 heavy (non-hydrogen) atoms. The van der Waals surface area contributed by atoms with Crippen LogP contribution < -0.4 is 10.1 Å². The molecular weight excluding hydrogens is 357 g/mol. The summed E-state index contributed by atoms with van der Waals surface area (Å²) in [5.41, 5.74) is 4.37. The number of aryl methyl sites for hydroxylation is 2. The highest BCUT2D eigenvalue weighted by atomic mass is 19.1. The zero-order valence-electron chi connectivity index (χ0n) is 17.8. The Balaban J connectivity index is 2.21. The van der Waals surface area contributed by atoms with Crippen molar-refractivity contribution in [2.75, 3.05) is 20.7 Å². The van der Waals surface area contributed by atoms with Gasteiger partial charge in [-0.2, -0.15) is 5.10 Å². The van der Waals surface area contributed by atoms with Gasteiger partial charge in [-0.25, -0.2) is 9.38 Å². The van der Waals surface area contributed by atoms with Crippen LogP contribution in [0.4, 0.5) is 4.39 Å². The second-order valence-corrected chi connectivity index (χ2v) is 6.70. The number of hydrogen-bond donors (Lipinski definition) is 1. The summed E-state index contributed by atoms with van der Waals surface area (Å²) in [5.74, 6) is 0.681. The highest BCUT2D eigenvalue weighted by Crippen LogP contribution is 2.19. The van der Waals surface area contributed by atoms with E-state index in [1.165, 1.54) is 24.4 Å². The van der Waals surface area contributed by atoms with Crippen molar-refractivity contribution in [1.82, 2.24) is 20.0 Å². The Morgan fingerprint density at radius 3 is 2.61 bits per heavy atom. The fraction of sp³-hybridized carbons (Fsp3) is 0.524. The first-order valence-corrected chi connectivity index (χ1v) is 9.80. The van der Waals surface area contributed by atoms with Crippen molar-refractivity contribution in [3.05, 3.63) is 46.5 Å². The molecule has 0 aliphatic carbocycles. The van der Waals surface area contributed by atoms with E-state index in [1.807, 2.05) is 36.7 Å². The van der Waals surface area contributed by atoms with E-state index in [0.29, 0.717) is 13.1 Å². The zero-order valence-corrected chi connectivity index (χ0v) is 17.8. The number of rotatable bonds is 8. The summed E-state index contributed by atoms with van der Waals surface area (Å²) < 4.78 is 20.9. The van der Waals surface area contributed by atoms with Gasteiger partial charge in [-0.05, 0) is 37.5 Å². The quantitative estimate of drug-likeness (QED) is 0.556. The van der Waals surface area contributed by atoms with Gasteiger partial charge in [-0.1, -0.05) is 19.9 Å². The van der Waals surface area contributed by atoms with Crippen LogP contribution in [0.5, 0.6) is 5.75 Å². The predicted octanol–water partition coefficient (Wildman–Crippen LogP) is 3.29. The van der Waals surface area contributed by atoms with Crippen molar-refractivity contribution in [3.63, 3.8) is 0 Å². The molecule has 0 aliphatic heterocycles. The van der Waals surface area contributed by atoms with E-state index in [9.17, 15) is 4.39 Å². The van der Waals surface area contributed by atoms with Crippen LogP contribution >= 0.6 is 0 Å². The van der Waals surface area contributed by atoms with E-state index in [2.05, 4.69) is 24.3 Å². The van der Waals surface area contributed by atoms with Crippen molar-refractivity contribution in [1.29, 1.82) is 0 Å². The minimum absolute atomic E-state index is 0.253. The normalized spacial score (nSPS) is 11.6. The molecule has 0 fully saturated rings. The van der Waals surface area contributed by atoms with E-state index in [1.54, 1.807) is 6.07 Å². The lowest BCUT2D eigenvalue weighted by atomic mass is 10.1. The summed E-state index contributed by atoms with van der Waals surface area (Å²) in [6, 6.07) is 5.02. The Labute approximate surface area is 167 Å². The van der Waals surface area contributed by atoms with Crippen molar-refractivity contribution >= 4 is 5.96 Å². The van der Waals surface area contributed by atoms with Gasteiger partial charge in [0.1, 0.15) is 0 Å². The lowest BCUT2D eigenvalue weighted by molar-refractivity contribution is 0.385. The molecule has 7 heteroatoms. The molecule has 0 aliphatic rings.